The zero-order valence-electron chi connectivity index (χ0n) is 12.0. The number of likely N-dealkylation sites (tertiary alicyclic amines) is 1. The summed E-state index contributed by atoms with van der Waals surface area (Å²) in [6.07, 6.45) is 4.61. The molecule has 0 bridgehead atoms. The van der Waals surface area contributed by atoms with Crippen molar-refractivity contribution in [1.82, 2.24) is 15.1 Å². The maximum absolute atomic E-state index is 12.4. The molecule has 0 aromatic carbocycles. The van der Waals surface area contributed by atoms with Crippen LogP contribution in [0.1, 0.15) is 46.5 Å². The van der Waals surface area contributed by atoms with Crippen molar-refractivity contribution in [1.29, 1.82) is 0 Å². The molecule has 104 valence electrons. The lowest BCUT2D eigenvalue weighted by atomic mass is 10.0. The summed E-state index contributed by atoms with van der Waals surface area (Å²) in [7, 11) is 0. The molecule has 2 aliphatic rings. The molecular formula is C14H27N3O. The van der Waals surface area contributed by atoms with Crippen molar-refractivity contribution in [3.05, 3.63) is 0 Å². The first-order valence-electron chi connectivity index (χ1n) is 7.48. The second kappa shape index (κ2) is 6.02. The van der Waals surface area contributed by atoms with Crippen LogP contribution in [0.3, 0.4) is 0 Å². The summed E-state index contributed by atoms with van der Waals surface area (Å²) >= 11 is 0. The van der Waals surface area contributed by atoms with E-state index in [0.29, 0.717) is 11.9 Å². The Kier molecular flexibility index (Phi) is 4.62. The predicted octanol–water partition coefficient (Wildman–Crippen LogP) is 1.42. The summed E-state index contributed by atoms with van der Waals surface area (Å²) in [5.74, 6) is 0.326. The Hall–Kier alpha value is -0.610. The molecule has 2 aliphatic heterocycles. The fourth-order valence-electron chi connectivity index (χ4n) is 3.35. The molecule has 3 atom stereocenters. The lowest BCUT2D eigenvalue weighted by molar-refractivity contribution is -0.133. The zero-order valence-corrected chi connectivity index (χ0v) is 12.0. The Bertz CT molecular complexity index is 295. The van der Waals surface area contributed by atoms with Crippen molar-refractivity contribution in [3.8, 4) is 0 Å². The van der Waals surface area contributed by atoms with E-state index in [2.05, 4.69) is 35.9 Å². The van der Waals surface area contributed by atoms with Gasteiger partial charge in [0, 0.05) is 12.6 Å². The van der Waals surface area contributed by atoms with Crippen LogP contribution in [0, 0.1) is 0 Å². The summed E-state index contributed by atoms with van der Waals surface area (Å²) in [6.45, 7) is 9.80. The van der Waals surface area contributed by atoms with E-state index < -0.39 is 0 Å². The summed E-state index contributed by atoms with van der Waals surface area (Å²) in [5, 5.41) is 3.44. The Morgan fingerprint density at radius 2 is 2.17 bits per heavy atom. The van der Waals surface area contributed by atoms with Crippen LogP contribution < -0.4 is 5.32 Å². The highest BCUT2D eigenvalue weighted by atomic mass is 16.2. The zero-order chi connectivity index (χ0) is 13.1. The molecule has 2 saturated heterocycles. The van der Waals surface area contributed by atoms with Gasteiger partial charge in [0.2, 0.25) is 5.91 Å². The molecule has 0 spiro atoms. The first-order chi connectivity index (χ1) is 8.67. The van der Waals surface area contributed by atoms with Crippen LogP contribution in [0.15, 0.2) is 0 Å². The average Bonchev–Trinajstić information content (AvgIpc) is 2.65. The van der Waals surface area contributed by atoms with Crippen LogP contribution in [0.5, 0.6) is 0 Å². The van der Waals surface area contributed by atoms with Crippen LogP contribution in [-0.2, 0) is 4.79 Å². The van der Waals surface area contributed by atoms with Gasteiger partial charge in [-0.15, -0.1) is 0 Å². The molecule has 18 heavy (non-hydrogen) atoms. The first-order valence-corrected chi connectivity index (χ1v) is 7.48. The van der Waals surface area contributed by atoms with Gasteiger partial charge in [0.1, 0.15) is 0 Å². The number of rotatable bonds is 4. The van der Waals surface area contributed by atoms with Gasteiger partial charge in [-0.05, 0) is 39.3 Å². The monoisotopic (exact) mass is 253 g/mol. The van der Waals surface area contributed by atoms with Crippen LogP contribution in [0.25, 0.3) is 0 Å². The number of piperidine rings is 1. The molecule has 4 nitrogen and oxygen atoms in total. The van der Waals surface area contributed by atoms with Gasteiger partial charge in [0.05, 0.1) is 12.2 Å². The number of amides is 1. The second-order valence-corrected chi connectivity index (χ2v) is 5.62. The molecule has 0 aromatic heterocycles. The van der Waals surface area contributed by atoms with Gasteiger partial charge >= 0.3 is 0 Å². The summed E-state index contributed by atoms with van der Waals surface area (Å²) in [6, 6.07) is 0.470. The van der Waals surface area contributed by atoms with E-state index in [1.807, 2.05) is 0 Å². The standard InChI is InChI=1S/C14H27N3O/c1-4-7-13-14(18)17(11(3)15-13)12-8-6-9-16(5-2)10-12/h11-13,15H,4-10H2,1-3H3. The minimum atomic E-state index is 0.0574. The van der Waals surface area contributed by atoms with E-state index >= 15 is 0 Å². The maximum Gasteiger partial charge on any atom is 0.241 e. The predicted molar refractivity (Wildman–Crippen MR) is 73.3 cm³/mol. The first kappa shape index (κ1) is 13.8. The molecule has 0 radical (unpaired) electrons. The summed E-state index contributed by atoms with van der Waals surface area (Å²) in [4.78, 5) is 17.0. The molecule has 2 fully saturated rings. The lowest BCUT2D eigenvalue weighted by Crippen LogP contribution is -2.51. The van der Waals surface area contributed by atoms with E-state index in [1.54, 1.807) is 0 Å². The fourth-order valence-corrected chi connectivity index (χ4v) is 3.35. The Morgan fingerprint density at radius 1 is 1.39 bits per heavy atom. The van der Waals surface area contributed by atoms with E-state index in [1.165, 1.54) is 13.0 Å². The van der Waals surface area contributed by atoms with Crippen LogP contribution in [0.2, 0.25) is 0 Å². The third-order valence-electron chi connectivity index (χ3n) is 4.31. The maximum atomic E-state index is 12.4. The number of nitrogens with zero attached hydrogens (tertiary/aromatic N) is 2. The molecule has 2 rings (SSSR count). The van der Waals surface area contributed by atoms with E-state index in [0.717, 1.165) is 32.4 Å². The SMILES string of the molecule is CCCC1NC(C)N(C2CCCN(CC)C2)C1=O. The smallest absolute Gasteiger partial charge is 0.241 e. The Labute approximate surface area is 111 Å². The van der Waals surface area contributed by atoms with E-state index in [9.17, 15) is 4.79 Å². The highest BCUT2D eigenvalue weighted by molar-refractivity contribution is 5.84. The molecule has 4 heteroatoms. The fraction of sp³-hybridized carbons (Fsp3) is 0.929. The highest BCUT2D eigenvalue weighted by Crippen LogP contribution is 2.23. The van der Waals surface area contributed by atoms with Gasteiger partial charge in [-0.2, -0.15) is 0 Å². The van der Waals surface area contributed by atoms with Crippen LogP contribution in [-0.4, -0.2) is 53.6 Å². The number of likely N-dealkylation sites (N-methyl/N-ethyl adjacent to an activating group) is 1. The minimum Gasteiger partial charge on any atom is -0.322 e. The summed E-state index contributed by atoms with van der Waals surface area (Å²) in [5.41, 5.74) is 0. The van der Waals surface area contributed by atoms with Gasteiger partial charge in [-0.3, -0.25) is 10.1 Å². The van der Waals surface area contributed by atoms with Crippen molar-refractivity contribution in [3.63, 3.8) is 0 Å². The third kappa shape index (κ3) is 2.69. The van der Waals surface area contributed by atoms with Crippen molar-refractivity contribution in [2.45, 2.75) is 64.7 Å². The molecule has 0 aromatic rings. The molecular weight excluding hydrogens is 226 g/mol. The Balaban J connectivity index is 2.01. The van der Waals surface area contributed by atoms with Gasteiger partial charge in [0.15, 0.2) is 0 Å². The number of hydrogen-bond acceptors (Lipinski definition) is 3. The number of nitrogens with one attached hydrogen (secondary N) is 1. The van der Waals surface area contributed by atoms with Crippen molar-refractivity contribution >= 4 is 5.91 Å². The summed E-state index contributed by atoms with van der Waals surface area (Å²) < 4.78 is 0. The average molecular weight is 253 g/mol. The van der Waals surface area contributed by atoms with E-state index in [4.69, 9.17) is 0 Å². The van der Waals surface area contributed by atoms with Gasteiger partial charge in [-0.25, -0.2) is 0 Å². The highest BCUT2D eigenvalue weighted by Gasteiger charge is 2.40. The second-order valence-electron chi connectivity index (χ2n) is 5.62. The van der Waals surface area contributed by atoms with Crippen molar-refractivity contribution in [2.75, 3.05) is 19.6 Å². The van der Waals surface area contributed by atoms with Crippen LogP contribution in [0.4, 0.5) is 0 Å². The van der Waals surface area contributed by atoms with E-state index in [-0.39, 0.29) is 12.2 Å². The largest absolute Gasteiger partial charge is 0.322 e. The number of carbonyl (C=O) groups is 1. The molecule has 2 heterocycles. The lowest BCUT2D eigenvalue weighted by Gasteiger charge is -2.38. The van der Waals surface area contributed by atoms with Gasteiger partial charge in [0.25, 0.3) is 0 Å². The minimum absolute atomic E-state index is 0.0574. The topological polar surface area (TPSA) is 35.6 Å². The quantitative estimate of drug-likeness (QED) is 0.823. The van der Waals surface area contributed by atoms with Crippen molar-refractivity contribution < 1.29 is 4.79 Å². The molecule has 3 unspecified atom stereocenters. The molecule has 0 saturated carbocycles. The normalized spacial score (nSPS) is 34.3. The van der Waals surface area contributed by atoms with Crippen LogP contribution >= 0.6 is 0 Å². The van der Waals surface area contributed by atoms with Gasteiger partial charge < -0.3 is 9.80 Å². The molecule has 1 amide bonds. The number of hydrogen-bond donors (Lipinski definition) is 1. The molecule has 1 N–H and O–H groups in total. The van der Waals surface area contributed by atoms with Gasteiger partial charge in [-0.1, -0.05) is 20.3 Å². The Morgan fingerprint density at radius 3 is 2.83 bits per heavy atom. The number of carbonyl (C=O) groups excluding carboxylic acids is 1. The third-order valence-corrected chi connectivity index (χ3v) is 4.31. The molecule has 0 aliphatic carbocycles. The van der Waals surface area contributed by atoms with Crippen molar-refractivity contribution in [2.24, 2.45) is 0 Å².